The van der Waals surface area contributed by atoms with Crippen LogP contribution in [0.25, 0.3) is 33.4 Å². The Morgan fingerprint density at radius 1 is 0.930 bits per heavy atom. The van der Waals surface area contributed by atoms with E-state index >= 15 is 0 Å². The van der Waals surface area contributed by atoms with Crippen molar-refractivity contribution in [2.24, 2.45) is 5.90 Å². The van der Waals surface area contributed by atoms with Crippen molar-refractivity contribution < 1.29 is 28.7 Å². The van der Waals surface area contributed by atoms with Crippen molar-refractivity contribution in [1.82, 2.24) is 15.2 Å². The molecule has 0 bridgehead atoms. The van der Waals surface area contributed by atoms with E-state index in [1.165, 1.54) is 6.07 Å². The molecule has 0 atom stereocenters. The molecule has 1 aliphatic heterocycles. The van der Waals surface area contributed by atoms with E-state index in [1.54, 1.807) is 12.1 Å². The van der Waals surface area contributed by atoms with Crippen LogP contribution in [-0.2, 0) is 9.63 Å². The third kappa shape index (κ3) is 7.37. The zero-order valence-electron chi connectivity index (χ0n) is 24.9. The van der Waals surface area contributed by atoms with Crippen LogP contribution in [0, 0.1) is 0 Å². The fourth-order valence-corrected chi connectivity index (χ4v) is 4.88. The normalized spacial score (nSPS) is 11.0. The molecule has 2 aromatic carbocycles. The van der Waals surface area contributed by atoms with Gasteiger partial charge in [-0.2, -0.15) is 0 Å². The molecule has 1 heterocycles. The van der Waals surface area contributed by atoms with Crippen LogP contribution in [0.15, 0.2) is 59.0 Å². The number of nitrogens with zero attached hydrogens (tertiary/aromatic N) is 2. The maximum atomic E-state index is 12.9. The standard InChI is InChI=1S/C32H37N5O6/c1-36(2)21-9-12-24-27(17-21)43-28-18-22(37(3)4)10-13-25(28)30(24)23-11-8-20(16-26(23)32(40)41)31(39)35-15-7-5-6-14-34-29(38)19-42-33/h8-13,16-18H,5-7,14-15,19,33H2,1-4H3,(H2-,34,35,38,39,40,41)/p+1. The molecule has 2 amide bonds. The van der Waals surface area contributed by atoms with Crippen molar-refractivity contribution >= 4 is 34.4 Å². The van der Waals surface area contributed by atoms with Gasteiger partial charge in [-0.15, -0.1) is 0 Å². The smallest absolute Gasteiger partial charge is 0.336 e. The van der Waals surface area contributed by atoms with Gasteiger partial charge in [0.1, 0.15) is 32.0 Å². The Labute approximate surface area is 249 Å². The minimum absolute atomic E-state index is 0.0204. The lowest BCUT2D eigenvalue weighted by molar-refractivity contribution is -0.125. The largest absolute Gasteiger partial charge is 0.478 e. The van der Waals surface area contributed by atoms with E-state index in [9.17, 15) is 19.5 Å². The quantitative estimate of drug-likeness (QED) is 0.0854. The number of nitrogens with one attached hydrogen (secondary N) is 2. The van der Waals surface area contributed by atoms with Crippen LogP contribution in [-0.4, -0.2) is 70.8 Å². The van der Waals surface area contributed by atoms with Crippen LogP contribution >= 0.6 is 0 Å². The Balaban J connectivity index is 1.64. The van der Waals surface area contributed by atoms with E-state index < -0.39 is 5.97 Å². The zero-order valence-corrected chi connectivity index (χ0v) is 24.9. The number of carbonyl (C=O) groups is 3. The molecule has 11 nitrogen and oxygen atoms in total. The van der Waals surface area contributed by atoms with Crippen LogP contribution in [0.1, 0.15) is 40.0 Å². The fourth-order valence-electron chi connectivity index (χ4n) is 4.88. The number of hydrogen-bond donors (Lipinski definition) is 4. The van der Waals surface area contributed by atoms with Gasteiger partial charge in [0.15, 0.2) is 0 Å². The molecule has 0 unspecified atom stereocenters. The van der Waals surface area contributed by atoms with Crippen LogP contribution in [0.2, 0.25) is 0 Å². The van der Waals surface area contributed by atoms with Gasteiger partial charge in [0.2, 0.25) is 11.3 Å². The average molecular weight is 589 g/mol. The molecule has 0 radical (unpaired) electrons. The lowest BCUT2D eigenvalue weighted by Gasteiger charge is -2.19. The minimum atomic E-state index is -1.14. The lowest BCUT2D eigenvalue weighted by atomic mass is 9.89. The van der Waals surface area contributed by atoms with Gasteiger partial charge in [0.25, 0.3) is 5.91 Å². The second-order valence-corrected chi connectivity index (χ2v) is 10.7. The van der Waals surface area contributed by atoms with Gasteiger partial charge in [0, 0.05) is 67.1 Å². The van der Waals surface area contributed by atoms with Crippen LogP contribution in [0.5, 0.6) is 0 Å². The number of fused-ring (bicyclic) bond motifs is 2. The summed E-state index contributed by atoms with van der Waals surface area (Å²) in [6.07, 6.45) is 2.23. The molecule has 0 saturated heterocycles. The molecular weight excluding hydrogens is 550 g/mol. The molecule has 1 aliphatic carbocycles. The van der Waals surface area contributed by atoms with Crippen LogP contribution < -0.4 is 31.4 Å². The topological polar surface area (TPSA) is 150 Å². The first-order valence-electron chi connectivity index (χ1n) is 14.0. The summed E-state index contributed by atoms with van der Waals surface area (Å²) >= 11 is 0. The molecular formula is C32H38N5O6+. The number of amides is 2. The molecule has 4 rings (SSSR count). The maximum absolute atomic E-state index is 12.9. The van der Waals surface area contributed by atoms with E-state index in [2.05, 4.69) is 15.5 Å². The van der Waals surface area contributed by atoms with E-state index in [4.69, 9.17) is 10.3 Å². The maximum Gasteiger partial charge on any atom is 0.336 e. The van der Waals surface area contributed by atoms with E-state index in [-0.39, 0.29) is 29.5 Å². The number of carboxylic acid groups (broad SMARTS) is 1. The van der Waals surface area contributed by atoms with Crippen molar-refractivity contribution in [2.75, 3.05) is 52.8 Å². The number of rotatable bonds is 12. The Hall–Kier alpha value is -4.74. The second kappa shape index (κ2) is 14.0. The summed E-state index contributed by atoms with van der Waals surface area (Å²) in [5.74, 6) is 3.72. The fraction of sp³-hybridized carbons (Fsp3) is 0.312. The third-order valence-corrected chi connectivity index (χ3v) is 7.18. The van der Waals surface area contributed by atoms with Gasteiger partial charge >= 0.3 is 5.97 Å². The number of carboxylic acids is 1. The summed E-state index contributed by atoms with van der Waals surface area (Å²) in [7, 11) is 7.78. The van der Waals surface area contributed by atoms with Crippen molar-refractivity contribution in [1.29, 1.82) is 0 Å². The predicted octanol–water partition coefficient (Wildman–Crippen LogP) is 2.91. The highest BCUT2D eigenvalue weighted by Crippen LogP contribution is 2.42. The molecule has 43 heavy (non-hydrogen) atoms. The van der Waals surface area contributed by atoms with Crippen LogP contribution in [0.4, 0.5) is 5.69 Å². The van der Waals surface area contributed by atoms with Crippen molar-refractivity contribution in [3.8, 4) is 22.5 Å². The van der Waals surface area contributed by atoms with Crippen LogP contribution in [0.3, 0.4) is 0 Å². The average Bonchev–Trinajstić information content (AvgIpc) is 2.98. The predicted molar refractivity (Wildman–Crippen MR) is 166 cm³/mol. The Kier molecular flexibility index (Phi) is 10.1. The minimum Gasteiger partial charge on any atom is -0.478 e. The molecule has 226 valence electrons. The van der Waals surface area contributed by atoms with Crippen molar-refractivity contribution in [3.63, 3.8) is 0 Å². The molecule has 2 aromatic rings. The highest BCUT2D eigenvalue weighted by molar-refractivity contribution is 6.09. The summed E-state index contributed by atoms with van der Waals surface area (Å²) in [6, 6.07) is 16.4. The van der Waals surface area contributed by atoms with Gasteiger partial charge in [-0.1, -0.05) is 6.07 Å². The Bertz CT molecular complexity index is 1690. The van der Waals surface area contributed by atoms with Crippen molar-refractivity contribution in [3.05, 3.63) is 71.1 Å². The number of carbonyl (C=O) groups excluding carboxylic acids is 2. The van der Waals surface area contributed by atoms with Gasteiger partial charge in [-0.3, -0.25) is 14.4 Å². The summed E-state index contributed by atoms with van der Waals surface area (Å²) in [4.78, 5) is 43.1. The molecule has 0 saturated carbocycles. The van der Waals surface area contributed by atoms with Crippen molar-refractivity contribution in [2.45, 2.75) is 19.3 Å². The number of unbranched alkanes of at least 4 members (excludes halogenated alkanes) is 2. The molecule has 0 spiro atoms. The molecule has 5 N–H and O–H groups in total. The molecule has 0 aromatic heterocycles. The molecule has 0 fully saturated rings. The van der Waals surface area contributed by atoms with Gasteiger partial charge in [0.05, 0.1) is 11.6 Å². The second-order valence-electron chi connectivity index (χ2n) is 10.7. The van der Waals surface area contributed by atoms with Gasteiger partial charge < -0.3 is 25.1 Å². The number of benzene rings is 3. The SMILES string of the molecule is CN(C)c1ccc2c(-c3ccc(C(=O)NCCCCCNC(=O)CON)cc3C(=O)O)c3ccc(=[N+](C)C)cc-3oc2c1. The number of nitrogens with two attached hydrogens (primary N) is 1. The Morgan fingerprint density at radius 2 is 1.65 bits per heavy atom. The summed E-state index contributed by atoms with van der Waals surface area (Å²) in [5, 5.41) is 17.5. The molecule has 2 aliphatic rings. The molecule has 11 heteroatoms. The number of hydrogen-bond acceptors (Lipinski definition) is 7. The Morgan fingerprint density at radius 3 is 2.33 bits per heavy atom. The highest BCUT2D eigenvalue weighted by atomic mass is 16.6. The van der Waals surface area contributed by atoms with E-state index in [1.807, 2.05) is 74.1 Å². The first-order chi connectivity index (χ1) is 20.6. The first-order valence-corrected chi connectivity index (χ1v) is 14.0. The van der Waals surface area contributed by atoms with Gasteiger partial charge in [-0.25, -0.2) is 15.3 Å². The van der Waals surface area contributed by atoms with Gasteiger partial charge in [-0.05, 0) is 55.2 Å². The van der Waals surface area contributed by atoms with E-state index in [0.29, 0.717) is 36.4 Å². The lowest BCUT2D eigenvalue weighted by Crippen LogP contribution is -2.29. The van der Waals surface area contributed by atoms with E-state index in [0.717, 1.165) is 40.4 Å². The highest BCUT2D eigenvalue weighted by Gasteiger charge is 2.23. The summed E-state index contributed by atoms with van der Waals surface area (Å²) in [6.45, 7) is 0.720. The first kappa shape index (κ1) is 31.2. The summed E-state index contributed by atoms with van der Waals surface area (Å²) < 4.78 is 8.33. The zero-order chi connectivity index (χ0) is 31.1. The monoisotopic (exact) mass is 588 g/mol. The third-order valence-electron chi connectivity index (χ3n) is 7.18. The number of anilines is 1. The number of aromatic carboxylic acids is 1. The summed E-state index contributed by atoms with van der Waals surface area (Å²) in [5.41, 5.74) is 3.83.